The van der Waals surface area contributed by atoms with Crippen molar-refractivity contribution in [2.75, 3.05) is 7.11 Å². The van der Waals surface area contributed by atoms with Crippen molar-refractivity contribution in [1.82, 2.24) is 9.66 Å². The highest BCUT2D eigenvalue weighted by Gasteiger charge is 2.18. The van der Waals surface area contributed by atoms with Gasteiger partial charge in [0.05, 0.1) is 24.2 Å². The molecule has 4 aromatic rings. The summed E-state index contributed by atoms with van der Waals surface area (Å²) in [6.45, 7) is 7.48. The molecule has 0 atom stereocenters. The van der Waals surface area contributed by atoms with Crippen LogP contribution in [0.25, 0.3) is 22.3 Å². The first kappa shape index (κ1) is 23.9. The number of rotatable bonds is 6. The van der Waals surface area contributed by atoms with Gasteiger partial charge < -0.3 is 9.47 Å². The van der Waals surface area contributed by atoms with Crippen LogP contribution in [0.15, 0.2) is 70.6 Å². The first-order valence-corrected chi connectivity index (χ1v) is 11.3. The lowest BCUT2D eigenvalue weighted by Gasteiger charge is -2.17. The molecular weight excluding hydrogens is 442 g/mol. The van der Waals surface area contributed by atoms with E-state index >= 15 is 0 Å². The van der Waals surface area contributed by atoms with Gasteiger partial charge in [0.15, 0.2) is 5.82 Å². The summed E-state index contributed by atoms with van der Waals surface area (Å²) in [6, 6.07) is 18.1. The number of fused-ring (bicyclic) bond motifs is 1. The van der Waals surface area contributed by atoms with Crippen LogP contribution in [0.1, 0.15) is 43.4 Å². The number of ether oxygens (including phenoxy) is 2. The maximum absolute atomic E-state index is 13.5. The fraction of sp³-hybridized carbons (Fsp3) is 0.214. The van der Waals surface area contributed by atoms with Crippen LogP contribution in [0.2, 0.25) is 0 Å². The highest BCUT2D eigenvalue weighted by atomic mass is 16.5. The van der Waals surface area contributed by atoms with Gasteiger partial charge in [-0.25, -0.2) is 4.98 Å². The van der Waals surface area contributed by atoms with E-state index in [4.69, 9.17) is 14.5 Å². The van der Waals surface area contributed by atoms with Crippen molar-refractivity contribution in [3.8, 4) is 22.9 Å². The fourth-order valence-corrected chi connectivity index (χ4v) is 3.92. The highest BCUT2D eigenvalue weighted by Crippen LogP contribution is 2.34. The van der Waals surface area contributed by atoms with E-state index in [1.807, 2.05) is 37.3 Å². The molecule has 1 aromatic heterocycles. The van der Waals surface area contributed by atoms with Gasteiger partial charge in [0, 0.05) is 12.5 Å². The normalized spacial score (nSPS) is 11.4. The molecule has 0 amide bonds. The number of hydrogen-bond acceptors (Lipinski definition) is 6. The quantitative estimate of drug-likeness (QED) is 0.217. The van der Waals surface area contributed by atoms with Gasteiger partial charge in [-0.15, -0.1) is 0 Å². The molecule has 4 rings (SSSR count). The second kappa shape index (κ2) is 9.93. The minimum atomic E-state index is -0.410. The Bertz CT molecular complexity index is 1500. The van der Waals surface area contributed by atoms with Crippen LogP contribution in [0.5, 0.6) is 11.5 Å². The fourth-order valence-electron chi connectivity index (χ4n) is 3.92. The van der Waals surface area contributed by atoms with Crippen LogP contribution in [0, 0.1) is 6.92 Å². The third kappa shape index (κ3) is 4.99. The molecule has 0 N–H and O–H groups in total. The van der Waals surface area contributed by atoms with Gasteiger partial charge in [0.2, 0.25) is 0 Å². The number of methoxy groups -OCH3 is 1. The Labute approximate surface area is 203 Å². The molecule has 3 aromatic carbocycles. The van der Waals surface area contributed by atoms with Gasteiger partial charge in [0.1, 0.15) is 11.5 Å². The summed E-state index contributed by atoms with van der Waals surface area (Å²) in [7, 11) is 1.65. The van der Waals surface area contributed by atoms with Crippen LogP contribution in [-0.4, -0.2) is 29.0 Å². The molecule has 0 aliphatic heterocycles. The molecule has 0 saturated heterocycles. The Balaban J connectivity index is 1.93. The topological polar surface area (TPSA) is 82.8 Å². The molecule has 7 heteroatoms. The molecule has 35 heavy (non-hydrogen) atoms. The van der Waals surface area contributed by atoms with E-state index in [1.54, 1.807) is 43.7 Å². The number of hydrogen-bond donors (Lipinski definition) is 0. The Morgan fingerprint density at radius 1 is 1.09 bits per heavy atom. The van der Waals surface area contributed by atoms with Gasteiger partial charge in [-0.3, -0.25) is 9.59 Å². The van der Waals surface area contributed by atoms with Crippen molar-refractivity contribution in [1.29, 1.82) is 0 Å². The molecule has 0 spiro atoms. The lowest BCUT2D eigenvalue weighted by Crippen LogP contribution is -2.20. The standard InChI is InChI=1S/C28H27N3O4/c1-17(2)23-15-24(18(3)13-26(23)34-5)27-30-25-12-7-6-11-22(25)28(33)31(27)29-16-20-9-8-10-21(14-20)35-19(4)32/h6-17H,1-5H3. The molecule has 178 valence electrons. The van der Waals surface area contributed by atoms with Gasteiger partial charge in [-0.1, -0.05) is 38.1 Å². The molecule has 0 unspecified atom stereocenters. The number of esters is 1. The molecule has 7 nitrogen and oxygen atoms in total. The average Bonchev–Trinajstić information content (AvgIpc) is 2.83. The van der Waals surface area contributed by atoms with Crippen LogP contribution in [0.3, 0.4) is 0 Å². The maximum Gasteiger partial charge on any atom is 0.308 e. The van der Waals surface area contributed by atoms with E-state index in [2.05, 4.69) is 18.9 Å². The van der Waals surface area contributed by atoms with Crippen LogP contribution >= 0.6 is 0 Å². The lowest BCUT2D eigenvalue weighted by molar-refractivity contribution is -0.131. The van der Waals surface area contributed by atoms with Gasteiger partial charge in [-0.05, 0) is 65.9 Å². The second-order valence-electron chi connectivity index (χ2n) is 8.54. The second-order valence-corrected chi connectivity index (χ2v) is 8.54. The first-order valence-electron chi connectivity index (χ1n) is 11.3. The molecule has 0 bridgehead atoms. The number of nitrogens with zero attached hydrogens (tertiary/aromatic N) is 3. The summed E-state index contributed by atoms with van der Waals surface area (Å²) in [5, 5.41) is 5.00. The van der Waals surface area contributed by atoms with Crippen molar-refractivity contribution in [3.63, 3.8) is 0 Å². The summed E-state index contributed by atoms with van der Waals surface area (Å²) in [5.41, 5.74) is 3.71. The van der Waals surface area contributed by atoms with E-state index in [-0.39, 0.29) is 11.5 Å². The number of aryl methyl sites for hydroxylation is 1. The van der Waals surface area contributed by atoms with E-state index in [0.29, 0.717) is 28.0 Å². The number of aromatic nitrogens is 2. The molecule has 1 heterocycles. The summed E-state index contributed by atoms with van der Waals surface area (Å²) in [6.07, 6.45) is 1.55. The van der Waals surface area contributed by atoms with Crippen LogP contribution < -0.4 is 15.0 Å². The highest BCUT2D eigenvalue weighted by molar-refractivity contribution is 5.83. The van der Waals surface area contributed by atoms with E-state index < -0.39 is 5.97 Å². The third-order valence-electron chi connectivity index (χ3n) is 5.64. The van der Waals surface area contributed by atoms with Gasteiger partial charge >= 0.3 is 5.97 Å². The monoisotopic (exact) mass is 469 g/mol. The largest absolute Gasteiger partial charge is 0.496 e. The van der Waals surface area contributed by atoms with Crippen LogP contribution in [0.4, 0.5) is 0 Å². The van der Waals surface area contributed by atoms with E-state index in [9.17, 15) is 9.59 Å². The number of para-hydroxylation sites is 1. The minimum absolute atomic E-state index is 0.206. The van der Waals surface area contributed by atoms with E-state index in [1.165, 1.54) is 11.6 Å². The predicted molar refractivity (Wildman–Crippen MR) is 138 cm³/mol. The van der Waals surface area contributed by atoms with Crippen LogP contribution in [-0.2, 0) is 4.79 Å². The zero-order valence-corrected chi connectivity index (χ0v) is 20.4. The Hall–Kier alpha value is -4.26. The number of carbonyl (C=O) groups excluding carboxylic acids is 1. The van der Waals surface area contributed by atoms with Crippen molar-refractivity contribution in [3.05, 3.63) is 87.7 Å². The lowest BCUT2D eigenvalue weighted by atomic mass is 9.96. The molecule has 0 radical (unpaired) electrons. The van der Waals surface area contributed by atoms with Gasteiger partial charge in [-0.2, -0.15) is 9.78 Å². The summed E-state index contributed by atoms with van der Waals surface area (Å²) < 4.78 is 12.1. The molecular formula is C28H27N3O4. The third-order valence-corrected chi connectivity index (χ3v) is 5.64. The average molecular weight is 470 g/mol. The smallest absolute Gasteiger partial charge is 0.308 e. The Kier molecular flexibility index (Phi) is 6.78. The first-order chi connectivity index (χ1) is 16.8. The zero-order chi connectivity index (χ0) is 25.1. The van der Waals surface area contributed by atoms with E-state index in [0.717, 1.165) is 22.4 Å². The van der Waals surface area contributed by atoms with Gasteiger partial charge in [0.25, 0.3) is 5.56 Å². The van der Waals surface area contributed by atoms with Crippen molar-refractivity contribution >= 4 is 23.1 Å². The maximum atomic E-state index is 13.5. The summed E-state index contributed by atoms with van der Waals surface area (Å²) >= 11 is 0. The van der Waals surface area contributed by atoms with Crippen molar-refractivity contribution in [2.45, 2.75) is 33.6 Å². The minimum Gasteiger partial charge on any atom is -0.496 e. The molecule has 0 aliphatic rings. The van der Waals surface area contributed by atoms with Crippen molar-refractivity contribution in [2.24, 2.45) is 5.10 Å². The molecule has 0 fully saturated rings. The molecule has 0 aliphatic carbocycles. The summed E-state index contributed by atoms with van der Waals surface area (Å²) in [5.74, 6) is 1.42. The zero-order valence-electron chi connectivity index (χ0n) is 20.4. The molecule has 0 saturated carbocycles. The Morgan fingerprint density at radius 3 is 2.57 bits per heavy atom. The number of benzene rings is 3. The Morgan fingerprint density at radius 2 is 1.86 bits per heavy atom. The van der Waals surface area contributed by atoms with Crippen molar-refractivity contribution < 1.29 is 14.3 Å². The number of carbonyl (C=O) groups is 1. The predicted octanol–water partition coefficient (Wildman–Crippen LogP) is 5.31. The summed E-state index contributed by atoms with van der Waals surface area (Å²) in [4.78, 5) is 29.7. The SMILES string of the molecule is COc1cc(C)c(-c2nc3ccccc3c(=O)n2N=Cc2cccc(OC(C)=O)c2)cc1C(C)C.